The Hall–Kier alpha value is -8.68. The van der Waals surface area contributed by atoms with Crippen molar-refractivity contribution in [3.05, 3.63) is 207 Å². The van der Waals surface area contributed by atoms with E-state index in [-0.39, 0.29) is 5.57 Å². The number of nitriles is 1. The summed E-state index contributed by atoms with van der Waals surface area (Å²) in [4.78, 5) is 34.0. The molecule has 4 aromatic carbocycles. The highest BCUT2D eigenvalue weighted by Crippen LogP contribution is 2.41. The molecule has 5 aromatic heterocycles. The molecule has 7 heterocycles. The van der Waals surface area contributed by atoms with Crippen molar-refractivity contribution in [2.45, 2.75) is 0 Å². The second kappa shape index (κ2) is 17.7. The van der Waals surface area contributed by atoms with Crippen molar-refractivity contribution in [1.29, 1.82) is 5.26 Å². The van der Waals surface area contributed by atoms with Gasteiger partial charge in [0.2, 0.25) is 0 Å². The topological polar surface area (TPSA) is 118 Å². The molecule has 0 fully saturated rings. The average Bonchev–Trinajstić information content (AvgIpc) is 4.24. The zero-order valence-corrected chi connectivity index (χ0v) is 37.3. The normalized spacial score (nSPS) is 12.2. The number of aromatic nitrogens is 4. The summed E-state index contributed by atoms with van der Waals surface area (Å²) in [6, 6.07) is 58.0. The molecular weight excluding hydrogens is 863 g/mol. The Morgan fingerprint density at radius 3 is 1.42 bits per heavy atom. The van der Waals surface area contributed by atoms with E-state index in [9.17, 15) is 15.2 Å². The van der Waals surface area contributed by atoms with E-state index >= 15 is 0 Å². The average molecular weight is 900 g/mol. The Balaban J connectivity index is 1.20. The molecule has 0 aliphatic carbocycles. The first-order chi connectivity index (χ1) is 33.0. The lowest BCUT2D eigenvalue weighted by Crippen LogP contribution is -1.96. The number of rotatable bonds is 9. The largest absolute Gasteiger partial charge is 0.477 e. The third kappa shape index (κ3) is 8.08. The third-order valence-electron chi connectivity index (χ3n) is 11.7. The van der Waals surface area contributed by atoms with Crippen LogP contribution in [0.4, 0.5) is 0 Å². The van der Waals surface area contributed by atoms with Crippen molar-refractivity contribution < 1.29 is 9.90 Å². The Morgan fingerprint density at radius 2 is 0.940 bits per heavy atom. The second-order valence-electron chi connectivity index (χ2n) is 15.9. The lowest BCUT2D eigenvalue weighted by molar-refractivity contribution is -0.132. The van der Waals surface area contributed by atoms with Crippen LogP contribution in [0.5, 0.6) is 0 Å². The van der Waals surface area contributed by atoms with Crippen molar-refractivity contribution in [1.82, 2.24) is 19.9 Å². The summed E-state index contributed by atoms with van der Waals surface area (Å²) in [7, 11) is 0. The summed E-state index contributed by atoms with van der Waals surface area (Å²) >= 11 is 3.09. The van der Waals surface area contributed by atoms with E-state index in [1.165, 1.54) is 17.4 Å². The van der Waals surface area contributed by atoms with Crippen LogP contribution < -0.4 is 0 Å². The van der Waals surface area contributed by atoms with Gasteiger partial charge in [-0.1, -0.05) is 127 Å². The van der Waals surface area contributed by atoms with Crippen molar-refractivity contribution in [2.24, 2.45) is 0 Å². The Morgan fingerprint density at radius 1 is 0.507 bits per heavy atom. The van der Waals surface area contributed by atoms with Gasteiger partial charge in [0, 0.05) is 63.9 Å². The maximum atomic E-state index is 11.5. The molecule has 9 heteroatoms. The first kappa shape index (κ1) is 41.1. The fourth-order valence-corrected chi connectivity index (χ4v) is 10.6. The van der Waals surface area contributed by atoms with Crippen LogP contribution in [0, 0.1) is 11.3 Å². The van der Waals surface area contributed by atoms with Crippen molar-refractivity contribution in [3.63, 3.8) is 0 Å². The van der Waals surface area contributed by atoms with Crippen LogP contribution in [0.2, 0.25) is 0 Å². The van der Waals surface area contributed by atoms with Crippen LogP contribution in [-0.4, -0.2) is 31.0 Å². The van der Waals surface area contributed by atoms with E-state index in [2.05, 4.69) is 174 Å². The number of hydrogen-bond acceptors (Lipinski definition) is 6. The number of nitrogens with zero attached hydrogens (tertiary/aromatic N) is 3. The summed E-state index contributed by atoms with van der Waals surface area (Å²) in [5, 5.41) is 18.7. The van der Waals surface area contributed by atoms with Gasteiger partial charge in [-0.25, -0.2) is 14.8 Å². The Labute approximate surface area is 394 Å². The van der Waals surface area contributed by atoms with E-state index in [0.29, 0.717) is 4.88 Å². The molecule has 0 saturated heterocycles. The van der Waals surface area contributed by atoms with Gasteiger partial charge in [-0.15, -0.1) is 22.7 Å². The van der Waals surface area contributed by atoms with E-state index in [1.54, 1.807) is 17.4 Å². The number of nitrogens with one attached hydrogen (secondary N) is 2. The summed E-state index contributed by atoms with van der Waals surface area (Å²) < 4.78 is 0. The number of aliphatic carboxylic acids is 1. The predicted molar refractivity (Wildman–Crippen MR) is 278 cm³/mol. The third-order valence-corrected chi connectivity index (χ3v) is 14.0. The summed E-state index contributed by atoms with van der Waals surface area (Å²) in [5.74, 6) is -1.24. The first-order valence-corrected chi connectivity index (χ1v) is 23.3. The number of carboxylic acids is 1. The fourth-order valence-electron chi connectivity index (χ4n) is 8.67. The summed E-state index contributed by atoms with van der Waals surface area (Å²) in [6.07, 6.45) is 14.2. The molecule has 0 atom stereocenters. The molecule has 318 valence electrons. The zero-order valence-electron chi connectivity index (χ0n) is 35.6. The van der Waals surface area contributed by atoms with Gasteiger partial charge in [-0.05, 0) is 101 Å². The van der Waals surface area contributed by atoms with Gasteiger partial charge in [0.1, 0.15) is 11.6 Å². The molecule has 67 heavy (non-hydrogen) atoms. The first-order valence-electron chi connectivity index (χ1n) is 21.6. The molecular formula is C58H37N5O2S2. The zero-order chi connectivity index (χ0) is 45.3. The maximum Gasteiger partial charge on any atom is 0.346 e. The molecule has 8 bridgehead atoms. The van der Waals surface area contributed by atoms with Crippen molar-refractivity contribution in [3.8, 4) is 60.3 Å². The van der Waals surface area contributed by atoms with Gasteiger partial charge >= 0.3 is 5.97 Å². The van der Waals surface area contributed by atoms with Crippen LogP contribution in [0.1, 0.15) is 38.1 Å². The highest BCUT2D eigenvalue weighted by molar-refractivity contribution is 7.23. The lowest BCUT2D eigenvalue weighted by atomic mass is 10.0. The molecule has 0 radical (unpaired) electrons. The molecule has 11 rings (SSSR count). The quantitative estimate of drug-likeness (QED) is 0.0985. The fraction of sp³-hybridized carbons (Fsp3) is 0. The number of carbonyl (C=O) groups is 1. The molecule has 2 aliphatic rings. The number of hydrogen-bond donors (Lipinski definition) is 3. The number of aromatic amines is 2. The minimum atomic E-state index is -1.24. The van der Waals surface area contributed by atoms with Gasteiger partial charge in [0.25, 0.3) is 0 Å². The number of fused-ring (bicyclic) bond motifs is 8. The molecule has 0 spiro atoms. The molecule has 0 amide bonds. The molecule has 7 nitrogen and oxygen atoms in total. The minimum absolute atomic E-state index is 0.296. The van der Waals surface area contributed by atoms with Crippen LogP contribution in [0.3, 0.4) is 0 Å². The van der Waals surface area contributed by atoms with Crippen LogP contribution in [0.25, 0.3) is 119 Å². The van der Waals surface area contributed by atoms with Crippen LogP contribution in [0.15, 0.2) is 169 Å². The molecule has 2 aliphatic heterocycles. The van der Waals surface area contributed by atoms with Gasteiger partial charge in [-0.2, -0.15) is 5.26 Å². The Bertz CT molecular complexity index is 3720. The summed E-state index contributed by atoms with van der Waals surface area (Å²) in [5.41, 5.74) is 15.8. The smallest absolute Gasteiger partial charge is 0.346 e. The van der Waals surface area contributed by atoms with Crippen molar-refractivity contribution >= 4 is 93.2 Å². The lowest BCUT2D eigenvalue weighted by Gasteiger charge is -2.07. The SMILES string of the molecule is N#C/C(=C\c1ccc(-c2ccc(/C=C\c3cc4[nH]c3c(-c3ccccc3)c3nc(c(-c5ccccc5)c5ccc([nH]5)c(-c5ccccc5)c5nc(c4-c4ccccc4)C=C5)C=C3)s2)s1)C(=O)O. The minimum Gasteiger partial charge on any atom is -0.477 e. The number of H-pyrrole nitrogens is 2. The second-order valence-corrected chi connectivity index (χ2v) is 18.1. The highest BCUT2D eigenvalue weighted by atomic mass is 32.1. The number of carboxylic acid groups (broad SMARTS) is 1. The van der Waals surface area contributed by atoms with E-state index < -0.39 is 5.97 Å². The molecule has 0 unspecified atom stereocenters. The van der Waals surface area contributed by atoms with Gasteiger partial charge in [0.15, 0.2) is 0 Å². The van der Waals surface area contributed by atoms with E-state index in [4.69, 9.17) is 9.97 Å². The monoisotopic (exact) mass is 899 g/mol. The molecule has 3 N–H and O–H groups in total. The van der Waals surface area contributed by atoms with Gasteiger partial charge in [-0.3, -0.25) is 0 Å². The van der Waals surface area contributed by atoms with Crippen molar-refractivity contribution in [2.75, 3.05) is 0 Å². The summed E-state index contributed by atoms with van der Waals surface area (Å²) in [6.45, 7) is 0. The Kier molecular flexibility index (Phi) is 10.9. The van der Waals surface area contributed by atoms with Crippen LogP contribution in [-0.2, 0) is 4.79 Å². The van der Waals surface area contributed by atoms with Crippen LogP contribution >= 0.6 is 22.7 Å². The maximum absolute atomic E-state index is 11.5. The highest BCUT2D eigenvalue weighted by Gasteiger charge is 2.20. The number of thiophene rings is 2. The van der Waals surface area contributed by atoms with Gasteiger partial charge < -0.3 is 15.1 Å². The molecule has 9 aromatic rings. The number of benzene rings is 4. The predicted octanol–water partition coefficient (Wildman–Crippen LogP) is 15.3. The van der Waals surface area contributed by atoms with Gasteiger partial charge in [0.05, 0.1) is 28.3 Å². The van der Waals surface area contributed by atoms with E-state index in [1.807, 2.05) is 36.4 Å². The van der Waals surface area contributed by atoms with E-state index in [0.717, 1.165) is 110 Å². The standard InChI is InChI=1S/C58H37N5O2S2/c59-35-41(58(64)65)33-43-24-32-52(67-43)51-31-23-42(66-51)22-21-40-34-50-55(38-17-9-3-10-18-38)48-28-27-46(61-48)53(36-13-5-1-6-14-36)44-25-26-45(60-44)54(37-15-7-2-8-16-37)47-29-30-49(62-47)56(57(40)63-50)39-19-11-4-12-20-39/h1-34,60,63H,(H,64,65)/b22-21-,41-33+,53-44?,53-46?,54-45?,54-47?,55-48?,55-50?,56-49?,57-56?. The molecule has 0 saturated carbocycles.